The number of nitro groups is 1. The van der Waals surface area contributed by atoms with Crippen LogP contribution >= 0.6 is 11.8 Å². The minimum Gasteiger partial charge on any atom is -0.290 e. The molecule has 0 radical (unpaired) electrons. The fourth-order valence-electron chi connectivity index (χ4n) is 2.92. The fourth-order valence-corrected chi connectivity index (χ4v) is 4.42. The van der Waals surface area contributed by atoms with Crippen LogP contribution in [-0.2, 0) is 4.79 Å². The summed E-state index contributed by atoms with van der Waals surface area (Å²) >= 11 is 1.72. The first-order valence-electron chi connectivity index (χ1n) is 7.08. The van der Waals surface area contributed by atoms with E-state index in [9.17, 15) is 14.9 Å². The van der Waals surface area contributed by atoms with Crippen molar-refractivity contribution >= 4 is 29.0 Å². The highest BCUT2D eigenvalue weighted by Gasteiger charge is 2.48. The highest BCUT2D eigenvalue weighted by atomic mass is 32.2. The molecule has 0 N–H and O–H groups in total. The lowest BCUT2D eigenvalue weighted by atomic mass is 9.98. The molecule has 2 heterocycles. The molecule has 1 spiro atoms. The lowest BCUT2D eigenvalue weighted by molar-refractivity contribution is -0.384. The minimum absolute atomic E-state index is 0.0232. The summed E-state index contributed by atoms with van der Waals surface area (Å²) in [5.41, 5.74) is 0.706. The number of carbonyl (C=O) groups is 1. The topological polar surface area (TPSA) is 63.5 Å². The molecule has 0 saturated heterocycles. The zero-order valence-electron chi connectivity index (χ0n) is 12.3. The van der Waals surface area contributed by atoms with Crippen LogP contribution in [0.2, 0.25) is 0 Å². The van der Waals surface area contributed by atoms with Crippen molar-refractivity contribution in [3.05, 3.63) is 58.7 Å². The molecule has 114 valence electrons. The summed E-state index contributed by atoms with van der Waals surface area (Å²) in [7, 11) is 0. The molecule has 2 aliphatic heterocycles. The van der Waals surface area contributed by atoms with Crippen molar-refractivity contribution in [1.82, 2.24) is 0 Å². The number of nitro benzene ring substituents is 1. The standard InChI is InChI=1S/C16H16N2O3S/c1-11-3-4-12(2)22-16(11)10-9-15(19)17(16)13-5-7-14(8-6-13)18(20)21/h3-12H,1-2H3/t11-,12+,16-/m0/s1. The van der Waals surface area contributed by atoms with Crippen LogP contribution in [0.3, 0.4) is 0 Å². The third kappa shape index (κ3) is 2.23. The van der Waals surface area contributed by atoms with E-state index >= 15 is 0 Å². The van der Waals surface area contributed by atoms with Crippen molar-refractivity contribution in [3.63, 3.8) is 0 Å². The molecule has 0 saturated carbocycles. The third-order valence-corrected chi connectivity index (χ3v) is 5.65. The molecular weight excluding hydrogens is 300 g/mol. The van der Waals surface area contributed by atoms with Gasteiger partial charge in [0.25, 0.3) is 11.6 Å². The average molecular weight is 316 g/mol. The number of rotatable bonds is 2. The molecule has 22 heavy (non-hydrogen) atoms. The highest BCUT2D eigenvalue weighted by molar-refractivity contribution is 8.01. The predicted octanol–water partition coefficient (Wildman–Crippen LogP) is 3.52. The number of amides is 1. The van der Waals surface area contributed by atoms with Crippen LogP contribution in [0.4, 0.5) is 11.4 Å². The Bertz CT molecular complexity index is 683. The van der Waals surface area contributed by atoms with E-state index in [0.29, 0.717) is 10.9 Å². The van der Waals surface area contributed by atoms with Crippen LogP contribution in [0.5, 0.6) is 0 Å². The normalized spacial score (nSPS) is 30.3. The van der Waals surface area contributed by atoms with Gasteiger partial charge in [-0.05, 0) is 25.1 Å². The maximum Gasteiger partial charge on any atom is 0.269 e. The molecule has 0 aliphatic carbocycles. The molecule has 5 nitrogen and oxygen atoms in total. The van der Waals surface area contributed by atoms with Gasteiger partial charge in [0.05, 0.1) is 4.92 Å². The lowest BCUT2D eigenvalue weighted by Gasteiger charge is -2.44. The van der Waals surface area contributed by atoms with Gasteiger partial charge in [0.2, 0.25) is 0 Å². The number of carbonyl (C=O) groups excluding carboxylic acids is 1. The van der Waals surface area contributed by atoms with E-state index in [4.69, 9.17) is 0 Å². The van der Waals surface area contributed by atoms with Crippen LogP contribution in [-0.4, -0.2) is 21.0 Å². The third-order valence-electron chi connectivity index (χ3n) is 4.05. The number of anilines is 1. The van der Waals surface area contributed by atoms with Crippen molar-refractivity contribution < 1.29 is 9.72 Å². The van der Waals surface area contributed by atoms with E-state index in [2.05, 4.69) is 26.0 Å². The maximum atomic E-state index is 12.4. The van der Waals surface area contributed by atoms with E-state index in [1.165, 1.54) is 12.1 Å². The molecule has 2 aliphatic rings. The first-order valence-corrected chi connectivity index (χ1v) is 7.96. The van der Waals surface area contributed by atoms with Gasteiger partial charge in [0.1, 0.15) is 4.87 Å². The van der Waals surface area contributed by atoms with E-state index < -0.39 is 9.79 Å². The maximum absolute atomic E-state index is 12.4. The first-order chi connectivity index (χ1) is 10.4. The quantitative estimate of drug-likeness (QED) is 0.476. The second kappa shape index (κ2) is 5.28. The molecule has 1 amide bonds. The summed E-state index contributed by atoms with van der Waals surface area (Å²) in [6.45, 7) is 4.18. The first kappa shape index (κ1) is 14.8. The van der Waals surface area contributed by atoms with Gasteiger partial charge in [-0.2, -0.15) is 0 Å². The molecule has 0 bridgehead atoms. The zero-order chi connectivity index (χ0) is 15.9. The Hall–Kier alpha value is -2.08. The fraction of sp³-hybridized carbons (Fsp3) is 0.312. The van der Waals surface area contributed by atoms with Crippen LogP contribution in [0, 0.1) is 16.0 Å². The van der Waals surface area contributed by atoms with Gasteiger partial charge in [0.15, 0.2) is 0 Å². The second-order valence-electron chi connectivity index (χ2n) is 5.53. The predicted molar refractivity (Wildman–Crippen MR) is 87.8 cm³/mol. The molecule has 1 aromatic rings. The average Bonchev–Trinajstić information content (AvgIpc) is 2.81. The number of thioether (sulfide) groups is 1. The monoisotopic (exact) mass is 316 g/mol. The number of hydrogen-bond acceptors (Lipinski definition) is 4. The zero-order valence-corrected chi connectivity index (χ0v) is 13.1. The number of hydrogen-bond donors (Lipinski definition) is 0. The van der Waals surface area contributed by atoms with E-state index in [1.807, 2.05) is 6.08 Å². The van der Waals surface area contributed by atoms with E-state index in [1.54, 1.807) is 34.9 Å². The molecule has 0 unspecified atom stereocenters. The molecule has 3 atom stereocenters. The smallest absolute Gasteiger partial charge is 0.269 e. The van der Waals surface area contributed by atoms with E-state index in [-0.39, 0.29) is 17.5 Å². The van der Waals surface area contributed by atoms with Crippen LogP contribution < -0.4 is 4.90 Å². The minimum atomic E-state index is -0.457. The Labute approximate surface area is 132 Å². The van der Waals surface area contributed by atoms with Gasteiger partial charge >= 0.3 is 0 Å². The van der Waals surface area contributed by atoms with Gasteiger partial charge in [0, 0.05) is 35.1 Å². The Balaban J connectivity index is 2.02. The van der Waals surface area contributed by atoms with Crippen molar-refractivity contribution in [2.24, 2.45) is 5.92 Å². The summed E-state index contributed by atoms with van der Waals surface area (Å²) in [6, 6.07) is 6.15. The molecule has 6 heteroatoms. The molecule has 0 aromatic heterocycles. The van der Waals surface area contributed by atoms with Gasteiger partial charge in [-0.25, -0.2) is 0 Å². The summed E-state index contributed by atoms with van der Waals surface area (Å²) < 4.78 is 0. The van der Waals surface area contributed by atoms with Crippen molar-refractivity contribution in [1.29, 1.82) is 0 Å². The van der Waals surface area contributed by atoms with Gasteiger partial charge < -0.3 is 0 Å². The molecular formula is C16H16N2O3S. The van der Waals surface area contributed by atoms with Crippen LogP contribution in [0.1, 0.15) is 13.8 Å². The summed E-state index contributed by atoms with van der Waals surface area (Å²) in [5, 5.41) is 11.1. The number of benzene rings is 1. The Morgan fingerprint density at radius 3 is 2.55 bits per heavy atom. The molecule has 0 fully saturated rings. The number of nitrogens with zero attached hydrogens (tertiary/aromatic N) is 2. The van der Waals surface area contributed by atoms with Gasteiger partial charge in [-0.1, -0.05) is 19.1 Å². The molecule has 1 aromatic carbocycles. The summed E-state index contributed by atoms with van der Waals surface area (Å²) in [5.74, 6) is 0.0716. The Kier molecular flexibility index (Phi) is 3.56. The number of non-ortho nitro benzene ring substituents is 1. The summed E-state index contributed by atoms with van der Waals surface area (Å²) in [4.78, 5) is 24.0. The van der Waals surface area contributed by atoms with Crippen molar-refractivity contribution in [3.8, 4) is 0 Å². The SMILES string of the molecule is C[C@@H]1C=C[C@H](C)[C@]2(C=CC(=O)N2c2ccc([N+](=O)[O-])cc2)S1. The van der Waals surface area contributed by atoms with Gasteiger partial charge in [-0.3, -0.25) is 19.8 Å². The molecule has 3 rings (SSSR count). The van der Waals surface area contributed by atoms with Crippen LogP contribution in [0.15, 0.2) is 48.6 Å². The second-order valence-corrected chi connectivity index (χ2v) is 7.16. The van der Waals surface area contributed by atoms with Crippen molar-refractivity contribution in [2.75, 3.05) is 4.90 Å². The van der Waals surface area contributed by atoms with E-state index in [0.717, 1.165) is 0 Å². The highest BCUT2D eigenvalue weighted by Crippen LogP contribution is 2.49. The Morgan fingerprint density at radius 1 is 1.23 bits per heavy atom. The van der Waals surface area contributed by atoms with Gasteiger partial charge in [-0.15, -0.1) is 11.8 Å². The van der Waals surface area contributed by atoms with Crippen LogP contribution in [0.25, 0.3) is 0 Å². The lowest BCUT2D eigenvalue weighted by Crippen LogP contribution is -2.50. The largest absolute Gasteiger partial charge is 0.290 e. The Morgan fingerprint density at radius 2 is 1.91 bits per heavy atom. The summed E-state index contributed by atoms with van der Waals surface area (Å²) in [6.07, 6.45) is 7.82. The van der Waals surface area contributed by atoms with Crippen molar-refractivity contribution in [2.45, 2.75) is 24.0 Å².